The van der Waals surface area contributed by atoms with Gasteiger partial charge in [0.1, 0.15) is 11.6 Å². The van der Waals surface area contributed by atoms with Gasteiger partial charge in [0.05, 0.1) is 11.5 Å². The van der Waals surface area contributed by atoms with Crippen molar-refractivity contribution in [3.63, 3.8) is 0 Å². The molecule has 116 valence electrons. The Bertz CT molecular complexity index is 842. The third kappa shape index (κ3) is 3.21. The number of rotatable bonds is 5. The molecule has 0 aliphatic carbocycles. The summed E-state index contributed by atoms with van der Waals surface area (Å²) in [4.78, 5) is 15.0. The maximum atomic E-state index is 11.1. The molecule has 3 rings (SSSR count). The maximum absolute atomic E-state index is 11.1. The summed E-state index contributed by atoms with van der Waals surface area (Å²) in [6, 6.07) is 13.7. The second kappa shape index (κ2) is 6.31. The zero-order chi connectivity index (χ0) is 16.2. The van der Waals surface area contributed by atoms with E-state index in [1.807, 2.05) is 16.7 Å². The van der Waals surface area contributed by atoms with Crippen LogP contribution in [0.3, 0.4) is 0 Å². The number of nitro benzene ring substituents is 1. The van der Waals surface area contributed by atoms with Gasteiger partial charge in [0.25, 0.3) is 5.69 Å². The molecule has 6 nitrogen and oxygen atoms in total. The van der Waals surface area contributed by atoms with Crippen molar-refractivity contribution in [3.8, 4) is 5.75 Å². The van der Waals surface area contributed by atoms with Crippen LogP contribution in [-0.2, 0) is 13.0 Å². The number of aromatic nitrogens is 2. The highest BCUT2D eigenvalue weighted by atomic mass is 16.6. The molecule has 2 aromatic carbocycles. The Hall–Kier alpha value is -3.15. The van der Waals surface area contributed by atoms with Crippen LogP contribution < -0.4 is 0 Å². The van der Waals surface area contributed by atoms with Crippen LogP contribution in [-0.4, -0.2) is 19.6 Å². The van der Waals surface area contributed by atoms with E-state index in [9.17, 15) is 15.2 Å². The van der Waals surface area contributed by atoms with Crippen LogP contribution in [0.1, 0.15) is 17.0 Å². The predicted molar refractivity (Wildman–Crippen MR) is 85.3 cm³/mol. The molecule has 23 heavy (non-hydrogen) atoms. The Balaban J connectivity index is 1.88. The first kappa shape index (κ1) is 14.8. The largest absolute Gasteiger partial charge is 0.508 e. The molecule has 1 aromatic heterocycles. The highest BCUT2D eigenvalue weighted by Gasteiger charge is 2.15. The Morgan fingerprint density at radius 1 is 1.09 bits per heavy atom. The van der Waals surface area contributed by atoms with Crippen LogP contribution in [0.4, 0.5) is 5.69 Å². The number of imidazole rings is 1. The molecule has 1 N–H and O–H groups in total. The minimum atomic E-state index is -0.383. The number of hydrogen-bond acceptors (Lipinski definition) is 4. The highest BCUT2D eigenvalue weighted by molar-refractivity contribution is 5.41. The van der Waals surface area contributed by atoms with E-state index in [1.54, 1.807) is 42.7 Å². The standard InChI is InChI=1S/C17H15N3O3/c21-16-8-4-2-6-14(16)12-19-10-9-18-17(19)11-13-5-1-3-7-15(13)20(22)23/h1-10,21H,11-12H2. The molecule has 0 unspecified atom stereocenters. The van der Waals surface area contributed by atoms with Crippen molar-refractivity contribution in [1.29, 1.82) is 0 Å². The zero-order valence-electron chi connectivity index (χ0n) is 12.3. The van der Waals surface area contributed by atoms with Crippen LogP contribution >= 0.6 is 0 Å². The number of hydrogen-bond donors (Lipinski definition) is 1. The lowest BCUT2D eigenvalue weighted by atomic mass is 10.1. The summed E-state index contributed by atoms with van der Waals surface area (Å²) in [5.74, 6) is 0.931. The first-order chi connectivity index (χ1) is 11.1. The molecule has 0 spiro atoms. The molecule has 0 aliphatic rings. The topological polar surface area (TPSA) is 81.2 Å². The second-order valence-corrected chi connectivity index (χ2v) is 5.16. The molecule has 0 aliphatic heterocycles. The molecule has 0 atom stereocenters. The van der Waals surface area contributed by atoms with Crippen LogP contribution in [0.2, 0.25) is 0 Å². The fraction of sp³-hybridized carbons (Fsp3) is 0.118. The van der Waals surface area contributed by atoms with Crippen LogP contribution in [0.25, 0.3) is 0 Å². The van der Waals surface area contributed by atoms with E-state index in [4.69, 9.17) is 0 Å². The number of aromatic hydroxyl groups is 1. The molecule has 6 heteroatoms. The van der Waals surface area contributed by atoms with Gasteiger partial charge in [-0.25, -0.2) is 4.98 Å². The van der Waals surface area contributed by atoms with Gasteiger partial charge in [0.2, 0.25) is 0 Å². The Morgan fingerprint density at radius 2 is 1.78 bits per heavy atom. The monoisotopic (exact) mass is 309 g/mol. The fourth-order valence-corrected chi connectivity index (χ4v) is 2.49. The number of phenolic OH excluding ortho intramolecular Hbond substituents is 1. The van der Waals surface area contributed by atoms with E-state index >= 15 is 0 Å². The second-order valence-electron chi connectivity index (χ2n) is 5.16. The lowest BCUT2D eigenvalue weighted by Crippen LogP contribution is -2.06. The SMILES string of the molecule is O=[N+]([O-])c1ccccc1Cc1nccn1Cc1ccccc1O. The third-order valence-electron chi connectivity index (χ3n) is 3.67. The number of para-hydroxylation sites is 2. The van der Waals surface area contributed by atoms with Gasteiger partial charge < -0.3 is 9.67 Å². The zero-order valence-corrected chi connectivity index (χ0v) is 12.3. The van der Waals surface area contributed by atoms with E-state index in [0.717, 1.165) is 5.56 Å². The lowest BCUT2D eigenvalue weighted by molar-refractivity contribution is -0.385. The Kier molecular flexibility index (Phi) is 4.05. The van der Waals surface area contributed by atoms with Gasteiger partial charge in [-0.2, -0.15) is 0 Å². The smallest absolute Gasteiger partial charge is 0.273 e. The first-order valence-electron chi connectivity index (χ1n) is 7.14. The fourth-order valence-electron chi connectivity index (χ4n) is 2.49. The van der Waals surface area contributed by atoms with Crippen molar-refractivity contribution in [3.05, 3.63) is 88.0 Å². The number of nitrogens with zero attached hydrogens (tertiary/aromatic N) is 3. The van der Waals surface area contributed by atoms with Gasteiger partial charge in [-0.05, 0) is 6.07 Å². The molecule has 0 amide bonds. The summed E-state index contributed by atoms with van der Waals surface area (Å²) in [7, 11) is 0. The Labute approximate surface area is 132 Å². The van der Waals surface area contributed by atoms with Gasteiger partial charge in [-0.3, -0.25) is 10.1 Å². The van der Waals surface area contributed by atoms with E-state index in [1.165, 1.54) is 6.07 Å². The molecular weight excluding hydrogens is 294 g/mol. The molecule has 0 bridgehead atoms. The molecule has 0 saturated carbocycles. The van der Waals surface area contributed by atoms with Gasteiger partial charge in [-0.1, -0.05) is 36.4 Å². The molecule has 3 aromatic rings. The summed E-state index contributed by atoms with van der Waals surface area (Å²) in [6.45, 7) is 0.461. The van der Waals surface area contributed by atoms with Gasteiger partial charge in [0.15, 0.2) is 0 Å². The van der Waals surface area contributed by atoms with E-state index in [-0.39, 0.29) is 16.4 Å². The Morgan fingerprint density at radius 3 is 2.52 bits per heavy atom. The van der Waals surface area contributed by atoms with Crippen LogP contribution in [0.5, 0.6) is 5.75 Å². The summed E-state index contributed by atoms with van der Waals surface area (Å²) in [5.41, 5.74) is 1.47. The van der Waals surface area contributed by atoms with E-state index < -0.39 is 0 Å². The van der Waals surface area contributed by atoms with Crippen molar-refractivity contribution in [2.45, 2.75) is 13.0 Å². The molecule has 0 saturated heterocycles. The van der Waals surface area contributed by atoms with Crippen molar-refractivity contribution in [1.82, 2.24) is 9.55 Å². The average molecular weight is 309 g/mol. The number of benzene rings is 2. The number of nitro groups is 1. The normalized spacial score (nSPS) is 10.6. The van der Waals surface area contributed by atoms with Crippen LogP contribution in [0, 0.1) is 10.1 Å². The van der Waals surface area contributed by atoms with Crippen LogP contribution in [0.15, 0.2) is 60.9 Å². The first-order valence-corrected chi connectivity index (χ1v) is 7.14. The quantitative estimate of drug-likeness (QED) is 0.580. The van der Waals surface area contributed by atoms with Gasteiger partial charge in [-0.15, -0.1) is 0 Å². The summed E-state index contributed by atoms with van der Waals surface area (Å²) >= 11 is 0. The molecular formula is C17H15N3O3. The summed E-state index contributed by atoms with van der Waals surface area (Å²) < 4.78 is 1.88. The minimum Gasteiger partial charge on any atom is -0.508 e. The average Bonchev–Trinajstić information content (AvgIpc) is 2.97. The minimum absolute atomic E-state index is 0.0876. The third-order valence-corrected chi connectivity index (χ3v) is 3.67. The molecule has 0 fully saturated rings. The van der Waals surface area contributed by atoms with E-state index in [2.05, 4.69) is 4.98 Å². The van der Waals surface area contributed by atoms with Crippen molar-refractivity contribution in [2.75, 3.05) is 0 Å². The predicted octanol–water partition coefficient (Wildman–Crippen LogP) is 3.14. The summed E-state index contributed by atoms with van der Waals surface area (Å²) in [5, 5.41) is 21.0. The van der Waals surface area contributed by atoms with Crippen molar-refractivity contribution >= 4 is 5.69 Å². The molecule has 0 radical (unpaired) electrons. The molecule has 1 heterocycles. The highest BCUT2D eigenvalue weighted by Crippen LogP contribution is 2.22. The van der Waals surface area contributed by atoms with Gasteiger partial charge in [0, 0.05) is 36.0 Å². The van der Waals surface area contributed by atoms with Gasteiger partial charge >= 0.3 is 0 Å². The summed E-state index contributed by atoms with van der Waals surface area (Å²) in [6.07, 6.45) is 3.82. The maximum Gasteiger partial charge on any atom is 0.273 e. The van der Waals surface area contributed by atoms with E-state index in [0.29, 0.717) is 24.4 Å². The van der Waals surface area contributed by atoms with Crippen molar-refractivity contribution in [2.24, 2.45) is 0 Å². The van der Waals surface area contributed by atoms with Crippen molar-refractivity contribution < 1.29 is 10.0 Å². The number of phenols is 1. The lowest BCUT2D eigenvalue weighted by Gasteiger charge is -2.09.